The third kappa shape index (κ3) is 2.75. The first-order chi connectivity index (χ1) is 8.69. The zero-order valence-corrected chi connectivity index (χ0v) is 11.0. The molecule has 1 aromatic heterocycles. The van der Waals surface area contributed by atoms with Gasteiger partial charge in [0, 0.05) is 13.0 Å². The van der Waals surface area contributed by atoms with Crippen LogP contribution in [0.25, 0.3) is 0 Å². The van der Waals surface area contributed by atoms with Gasteiger partial charge in [-0.05, 0) is 43.9 Å². The van der Waals surface area contributed by atoms with Gasteiger partial charge >= 0.3 is 0 Å². The van der Waals surface area contributed by atoms with E-state index in [2.05, 4.69) is 0 Å². The van der Waals surface area contributed by atoms with Gasteiger partial charge in [-0.2, -0.15) is 0 Å². The molecule has 1 fully saturated rings. The number of hydrogen-bond acceptors (Lipinski definition) is 3. The van der Waals surface area contributed by atoms with Crippen molar-refractivity contribution in [2.45, 2.75) is 39.2 Å². The van der Waals surface area contributed by atoms with E-state index in [1.54, 1.807) is 6.26 Å². The Hall–Kier alpha value is -1.29. The van der Waals surface area contributed by atoms with Crippen LogP contribution in [-0.4, -0.2) is 23.9 Å². The maximum atomic E-state index is 12.3. The van der Waals surface area contributed by atoms with Crippen molar-refractivity contribution in [1.82, 2.24) is 4.90 Å². The molecule has 4 nitrogen and oxygen atoms in total. The molecule has 0 aliphatic heterocycles. The summed E-state index contributed by atoms with van der Waals surface area (Å²) < 4.78 is 5.29. The van der Waals surface area contributed by atoms with Gasteiger partial charge in [-0.15, -0.1) is 0 Å². The van der Waals surface area contributed by atoms with E-state index in [1.807, 2.05) is 24.0 Å². The van der Waals surface area contributed by atoms with Crippen LogP contribution >= 0.6 is 0 Å². The SMILES string of the molecule is CCN(Cc1ccco1)C(=O)CC1(CN)CCC1. The van der Waals surface area contributed by atoms with Crippen molar-refractivity contribution >= 4 is 5.91 Å². The Balaban J connectivity index is 1.93. The molecule has 0 atom stereocenters. The van der Waals surface area contributed by atoms with E-state index >= 15 is 0 Å². The normalized spacial score (nSPS) is 17.2. The summed E-state index contributed by atoms with van der Waals surface area (Å²) >= 11 is 0. The lowest BCUT2D eigenvalue weighted by molar-refractivity contribution is -0.135. The molecule has 0 aromatic carbocycles. The van der Waals surface area contributed by atoms with Gasteiger partial charge in [-0.1, -0.05) is 6.42 Å². The first-order valence-electron chi connectivity index (χ1n) is 6.69. The van der Waals surface area contributed by atoms with E-state index in [0.29, 0.717) is 26.1 Å². The van der Waals surface area contributed by atoms with Crippen LogP contribution in [0.1, 0.15) is 38.4 Å². The van der Waals surface area contributed by atoms with E-state index in [9.17, 15) is 4.79 Å². The van der Waals surface area contributed by atoms with Crippen LogP contribution in [-0.2, 0) is 11.3 Å². The Morgan fingerprint density at radius 3 is 2.78 bits per heavy atom. The van der Waals surface area contributed by atoms with Crippen LogP contribution in [0.2, 0.25) is 0 Å². The van der Waals surface area contributed by atoms with Crippen LogP contribution in [0.4, 0.5) is 0 Å². The predicted octanol–water partition coefficient (Wildman–Crippen LogP) is 2.15. The summed E-state index contributed by atoms with van der Waals surface area (Å²) in [6, 6.07) is 3.75. The van der Waals surface area contributed by atoms with Crippen LogP contribution in [0, 0.1) is 5.41 Å². The number of carbonyl (C=O) groups excluding carboxylic acids is 1. The molecule has 0 saturated heterocycles. The molecular weight excluding hydrogens is 228 g/mol. The highest BCUT2D eigenvalue weighted by molar-refractivity contribution is 5.77. The molecule has 1 aromatic rings. The Morgan fingerprint density at radius 1 is 1.56 bits per heavy atom. The average molecular weight is 250 g/mol. The molecule has 4 heteroatoms. The molecule has 2 rings (SSSR count). The van der Waals surface area contributed by atoms with Gasteiger partial charge in [0.25, 0.3) is 0 Å². The summed E-state index contributed by atoms with van der Waals surface area (Å²) in [5.74, 6) is 1.03. The highest BCUT2D eigenvalue weighted by Crippen LogP contribution is 2.43. The summed E-state index contributed by atoms with van der Waals surface area (Å²) in [5, 5.41) is 0. The zero-order valence-electron chi connectivity index (χ0n) is 11.0. The van der Waals surface area contributed by atoms with Crippen LogP contribution in [0.5, 0.6) is 0 Å². The summed E-state index contributed by atoms with van der Waals surface area (Å²) in [6.45, 7) is 3.89. The second-order valence-corrected chi connectivity index (χ2v) is 5.22. The van der Waals surface area contributed by atoms with Crippen molar-refractivity contribution in [3.05, 3.63) is 24.2 Å². The summed E-state index contributed by atoms with van der Waals surface area (Å²) in [7, 11) is 0. The minimum atomic E-state index is 0.0771. The molecule has 0 radical (unpaired) electrons. The number of amides is 1. The van der Waals surface area contributed by atoms with Gasteiger partial charge in [0.2, 0.25) is 5.91 Å². The number of nitrogens with two attached hydrogens (primary N) is 1. The molecule has 1 aliphatic rings. The fourth-order valence-corrected chi connectivity index (χ4v) is 2.53. The van der Waals surface area contributed by atoms with Crippen molar-refractivity contribution in [3.63, 3.8) is 0 Å². The fraction of sp³-hybridized carbons (Fsp3) is 0.643. The van der Waals surface area contributed by atoms with Crippen molar-refractivity contribution in [2.75, 3.05) is 13.1 Å². The maximum Gasteiger partial charge on any atom is 0.223 e. The van der Waals surface area contributed by atoms with E-state index < -0.39 is 0 Å². The fourth-order valence-electron chi connectivity index (χ4n) is 2.53. The zero-order chi connectivity index (χ0) is 13.0. The highest BCUT2D eigenvalue weighted by Gasteiger charge is 2.38. The molecule has 1 aliphatic carbocycles. The lowest BCUT2D eigenvalue weighted by atomic mass is 9.66. The van der Waals surface area contributed by atoms with Gasteiger partial charge in [0.1, 0.15) is 5.76 Å². The maximum absolute atomic E-state index is 12.3. The van der Waals surface area contributed by atoms with Gasteiger partial charge in [0.05, 0.1) is 12.8 Å². The summed E-state index contributed by atoms with van der Waals surface area (Å²) in [5.41, 5.74) is 5.88. The van der Waals surface area contributed by atoms with E-state index in [-0.39, 0.29) is 11.3 Å². The summed E-state index contributed by atoms with van der Waals surface area (Å²) in [4.78, 5) is 14.1. The standard InChI is InChI=1S/C14H22N2O2/c1-2-16(10-12-5-3-8-18-12)13(17)9-14(11-15)6-4-7-14/h3,5,8H,2,4,6-7,9-11,15H2,1H3. The third-order valence-corrected chi connectivity index (χ3v) is 4.03. The summed E-state index contributed by atoms with van der Waals surface area (Å²) in [6.07, 6.45) is 5.61. The molecule has 1 saturated carbocycles. The topological polar surface area (TPSA) is 59.5 Å². The Bertz CT molecular complexity index is 377. The van der Waals surface area contributed by atoms with Crippen molar-refractivity contribution in [3.8, 4) is 0 Å². The third-order valence-electron chi connectivity index (χ3n) is 4.03. The van der Waals surface area contributed by atoms with Gasteiger partial charge in [0.15, 0.2) is 0 Å². The van der Waals surface area contributed by atoms with Crippen LogP contribution < -0.4 is 5.73 Å². The molecule has 1 amide bonds. The minimum absolute atomic E-state index is 0.0771. The van der Waals surface area contributed by atoms with Gasteiger partial charge in [-0.25, -0.2) is 0 Å². The molecule has 2 N–H and O–H groups in total. The number of hydrogen-bond donors (Lipinski definition) is 1. The van der Waals surface area contributed by atoms with Crippen LogP contribution in [0.15, 0.2) is 22.8 Å². The van der Waals surface area contributed by atoms with E-state index in [1.165, 1.54) is 6.42 Å². The monoisotopic (exact) mass is 250 g/mol. The van der Waals surface area contributed by atoms with Crippen LogP contribution in [0.3, 0.4) is 0 Å². The average Bonchev–Trinajstić information content (AvgIpc) is 2.83. The van der Waals surface area contributed by atoms with Gasteiger partial charge < -0.3 is 15.1 Å². The molecule has 100 valence electrons. The van der Waals surface area contributed by atoms with Crippen molar-refractivity contribution in [2.24, 2.45) is 11.1 Å². The molecule has 1 heterocycles. The molecule has 18 heavy (non-hydrogen) atoms. The van der Waals surface area contributed by atoms with Crippen molar-refractivity contribution in [1.29, 1.82) is 0 Å². The van der Waals surface area contributed by atoms with E-state index in [4.69, 9.17) is 10.2 Å². The number of nitrogens with zero attached hydrogens (tertiary/aromatic N) is 1. The quantitative estimate of drug-likeness (QED) is 0.841. The molecule has 0 unspecified atom stereocenters. The Kier molecular flexibility index (Phi) is 4.07. The Labute approximate surface area is 108 Å². The molecular formula is C14H22N2O2. The Morgan fingerprint density at radius 2 is 2.33 bits per heavy atom. The second kappa shape index (κ2) is 5.57. The highest BCUT2D eigenvalue weighted by atomic mass is 16.3. The number of furan rings is 1. The lowest BCUT2D eigenvalue weighted by Gasteiger charge is -2.41. The first-order valence-corrected chi connectivity index (χ1v) is 6.69. The number of rotatable bonds is 6. The predicted molar refractivity (Wildman–Crippen MR) is 69.8 cm³/mol. The lowest BCUT2D eigenvalue weighted by Crippen LogP contribution is -2.43. The van der Waals surface area contributed by atoms with Crippen molar-refractivity contribution < 1.29 is 9.21 Å². The molecule has 0 spiro atoms. The minimum Gasteiger partial charge on any atom is -0.467 e. The van der Waals surface area contributed by atoms with E-state index in [0.717, 1.165) is 18.6 Å². The first kappa shape index (κ1) is 13.1. The molecule has 0 bridgehead atoms. The second-order valence-electron chi connectivity index (χ2n) is 5.22. The van der Waals surface area contributed by atoms with Gasteiger partial charge in [-0.3, -0.25) is 4.79 Å². The largest absolute Gasteiger partial charge is 0.467 e. The number of carbonyl (C=O) groups is 1. The smallest absolute Gasteiger partial charge is 0.223 e.